The number of hydrogen-bond donors (Lipinski definition) is 3. The molecule has 198 valence electrons. The van der Waals surface area contributed by atoms with Gasteiger partial charge in [0.05, 0.1) is 27.7 Å². The highest BCUT2D eigenvalue weighted by molar-refractivity contribution is 5.87. The van der Waals surface area contributed by atoms with Crippen LogP contribution < -0.4 is 15.6 Å². The smallest absolute Gasteiger partial charge is 0.318 e. The van der Waals surface area contributed by atoms with Crippen LogP contribution in [0.2, 0.25) is 0 Å². The number of phenolic OH excluding ortho intramolecular Hbond substituents is 1. The van der Waals surface area contributed by atoms with Gasteiger partial charge in [-0.3, -0.25) is 20.2 Å². The maximum atomic E-state index is 11.2. The molecule has 4 rings (SSSR count). The maximum Gasteiger partial charge on any atom is 0.318 e. The highest BCUT2D eigenvalue weighted by Gasteiger charge is 2.23. The van der Waals surface area contributed by atoms with E-state index in [4.69, 9.17) is 0 Å². The molecule has 0 bridgehead atoms. The average Bonchev–Trinajstić information content (AvgIpc) is 2.88. The molecule has 14 nitrogen and oxygen atoms in total. The van der Waals surface area contributed by atoms with E-state index >= 15 is 0 Å². The first kappa shape index (κ1) is 26.2. The Morgan fingerprint density at radius 1 is 1.08 bits per heavy atom. The summed E-state index contributed by atoms with van der Waals surface area (Å²) < 4.78 is 0. The molecule has 0 radical (unpaired) electrons. The molecular weight excluding hydrogens is 494 g/mol. The van der Waals surface area contributed by atoms with E-state index in [2.05, 4.69) is 42.6 Å². The van der Waals surface area contributed by atoms with Crippen molar-refractivity contribution in [3.8, 4) is 5.75 Å². The van der Waals surface area contributed by atoms with E-state index in [0.717, 1.165) is 55.0 Å². The zero-order chi connectivity index (χ0) is 27.4. The summed E-state index contributed by atoms with van der Waals surface area (Å²) in [5.41, 5.74) is 4.04. The van der Waals surface area contributed by atoms with Gasteiger partial charge in [0.15, 0.2) is 0 Å². The quantitative estimate of drug-likeness (QED) is 0.216. The van der Waals surface area contributed by atoms with Gasteiger partial charge in [0.1, 0.15) is 0 Å². The van der Waals surface area contributed by atoms with Crippen molar-refractivity contribution in [1.82, 2.24) is 15.0 Å². The summed E-state index contributed by atoms with van der Waals surface area (Å²) in [6.45, 7) is 7.75. The predicted octanol–water partition coefficient (Wildman–Crippen LogP) is 4.44. The summed E-state index contributed by atoms with van der Waals surface area (Å²) in [6.07, 6.45) is 3.02. The molecule has 38 heavy (non-hydrogen) atoms. The Kier molecular flexibility index (Phi) is 7.60. The number of rotatable bonds is 8. The van der Waals surface area contributed by atoms with Crippen molar-refractivity contribution in [2.75, 3.05) is 28.7 Å². The summed E-state index contributed by atoms with van der Waals surface area (Å²) >= 11 is 0. The summed E-state index contributed by atoms with van der Waals surface area (Å²) in [7, 11) is 0. The highest BCUT2D eigenvalue weighted by Crippen LogP contribution is 2.33. The Morgan fingerprint density at radius 3 is 2.47 bits per heavy atom. The Morgan fingerprint density at radius 2 is 1.79 bits per heavy atom. The van der Waals surface area contributed by atoms with Gasteiger partial charge < -0.3 is 15.3 Å². The first-order valence-corrected chi connectivity index (χ1v) is 11.9. The minimum absolute atomic E-state index is 0.0806. The summed E-state index contributed by atoms with van der Waals surface area (Å²) in [5.74, 6) is 0.675. The zero-order valence-electron chi connectivity index (χ0n) is 21.1. The van der Waals surface area contributed by atoms with Crippen LogP contribution in [-0.2, 0) is 0 Å². The summed E-state index contributed by atoms with van der Waals surface area (Å²) in [4.78, 5) is 36.2. The summed E-state index contributed by atoms with van der Waals surface area (Å²) in [5, 5.41) is 39.8. The van der Waals surface area contributed by atoms with Gasteiger partial charge in [-0.05, 0) is 49.8 Å². The van der Waals surface area contributed by atoms with Crippen LogP contribution in [0.15, 0.2) is 35.4 Å². The third-order valence-electron chi connectivity index (χ3n) is 6.42. The third-order valence-corrected chi connectivity index (χ3v) is 6.42. The summed E-state index contributed by atoms with van der Waals surface area (Å²) in [6, 6.07) is 7.51. The number of non-ortho nitro benzene ring substituents is 1. The van der Waals surface area contributed by atoms with Crippen LogP contribution in [0.25, 0.3) is 0 Å². The molecule has 1 aliphatic heterocycles. The number of hydrogen-bond acceptors (Lipinski definition) is 12. The number of aromatic nitrogens is 3. The maximum absolute atomic E-state index is 11.2. The molecule has 0 atom stereocenters. The van der Waals surface area contributed by atoms with Gasteiger partial charge >= 0.3 is 5.69 Å². The number of nitro benzene ring substituents is 2. The number of aryl methyl sites for hydroxylation is 1. The Balaban J connectivity index is 1.65. The first-order chi connectivity index (χ1) is 18.1. The molecule has 2 aromatic carbocycles. The normalized spacial score (nSPS) is 14.0. The molecule has 2 heterocycles. The molecule has 1 aromatic heterocycles. The van der Waals surface area contributed by atoms with Gasteiger partial charge in [0.2, 0.25) is 23.6 Å². The number of aromatic hydroxyl groups is 1. The number of benzene rings is 2. The van der Waals surface area contributed by atoms with Crippen molar-refractivity contribution in [1.29, 1.82) is 0 Å². The van der Waals surface area contributed by atoms with Crippen LogP contribution in [-0.4, -0.2) is 49.2 Å². The topological polar surface area (TPSA) is 185 Å². The SMILES string of the molecule is Cc1cccc(Nc2nc(N/N=C\c3cc([N+](=O)[O-])cc([N+](=O)[O-])c3O)nc(N3CCC(C)CC3)n2)c1C. The molecule has 1 saturated heterocycles. The van der Waals surface area contributed by atoms with Crippen LogP contribution >= 0.6 is 0 Å². The lowest BCUT2D eigenvalue weighted by Crippen LogP contribution is -2.34. The second kappa shape index (κ2) is 11.0. The Labute approximate surface area is 217 Å². The number of nitrogens with zero attached hydrogens (tertiary/aromatic N) is 7. The van der Waals surface area contributed by atoms with Crippen LogP contribution in [0.5, 0.6) is 5.75 Å². The minimum atomic E-state index is -0.907. The number of hydrazone groups is 1. The molecule has 0 spiro atoms. The highest BCUT2D eigenvalue weighted by atomic mass is 16.6. The van der Waals surface area contributed by atoms with E-state index in [1.54, 1.807) is 0 Å². The van der Waals surface area contributed by atoms with Crippen molar-refractivity contribution < 1.29 is 15.0 Å². The van der Waals surface area contributed by atoms with E-state index in [-0.39, 0.29) is 17.5 Å². The van der Waals surface area contributed by atoms with Gasteiger partial charge in [-0.15, -0.1) is 0 Å². The Hall–Kier alpha value is -4.88. The van der Waals surface area contributed by atoms with E-state index in [1.807, 2.05) is 32.0 Å². The van der Waals surface area contributed by atoms with Crippen LogP contribution in [0, 0.1) is 40.0 Å². The largest absolute Gasteiger partial charge is 0.502 e. The lowest BCUT2D eigenvalue weighted by atomic mass is 10.00. The molecule has 3 N–H and O–H groups in total. The second-order valence-electron chi connectivity index (χ2n) is 9.11. The van der Waals surface area contributed by atoms with E-state index in [1.165, 1.54) is 0 Å². The zero-order valence-corrected chi connectivity index (χ0v) is 21.1. The molecular formula is C24H27N9O5. The lowest BCUT2D eigenvalue weighted by Gasteiger charge is -2.30. The first-order valence-electron chi connectivity index (χ1n) is 11.9. The number of phenols is 1. The lowest BCUT2D eigenvalue weighted by molar-refractivity contribution is -0.394. The van der Waals surface area contributed by atoms with Crippen molar-refractivity contribution in [2.24, 2.45) is 11.0 Å². The number of nitrogens with one attached hydrogen (secondary N) is 2. The number of anilines is 4. The minimum Gasteiger partial charge on any atom is -0.502 e. The van der Waals surface area contributed by atoms with Crippen LogP contribution in [0.1, 0.15) is 36.5 Å². The number of nitro groups is 2. The second-order valence-corrected chi connectivity index (χ2v) is 9.11. The van der Waals surface area contributed by atoms with Crippen LogP contribution in [0.4, 0.5) is 34.9 Å². The monoisotopic (exact) mass is 521 g/mol. The fourth-order valence-electron chi connectivity index (χ4n) is 3.96. The van der Waals surface area contributed by atoms with Gasteiger partial charge in [-0.1, -0.05) is 19.1 Å². The third kappa shape index (κ3) is 5.91. The standard InChI is InChI=1S/C24H27N9O5/c1-14-7-9-31(10-8-14)24-28-22(26-19-6-4-5-15(2)16(19)3)27-23(29-24)30-25-13-17-11-18(32(35)36)12-20(21(17)34)33(37)38/h4-6,11-14,34H,7-10H2,1-3H3,(H2,26,27,28,29,30)/b25-13-. The molecule has 1 fully saturated rings. The molecule has 0 saturated carbocycles. The van der Waals surface area contributed by atoms with Gasteiger partial charge in [0, 0.05) is 24.8 Å². The van der Waals surface area contributed by atoms with E-state index < -0.39 is 27.0 Å². The fraction of sp³-hybridized carbons (Fsp3) is 0.333. The van der Waals surface area contributed by atoms with Crippen LogP contribution in [0.3, 0.4) is 0 Å². The van der Waals surface area contributed by atoms with Gasteiger partial charge in [-0.2, -0.15) is 20.1 Å². The van der Waals surface area contributed by atoms with Crippen molar-refractivity contribution >= 4 is 41.1 Å². The molecule has 14 heteroatoms. The average molecular weight is 522 g/mol. The van der Waals surface area contributed by atoms with E-state index in [0.29, 0.717) is 17.9 Å². The molecule has 1 aliphatic rings. The van der Waals surface area contributed by atoms with Gasteiger partial charge in [0.25, 0.3) is 5.69 Å². The predicted molar refractivity (Wildman–Crippen MR) is 142 cm³/mol. The Bertz CT molecular complexity index is 1400. The van der Waals surface area contributed by atoms with E-state index in [9.17, 15) is 25.3 Å². The molecule has 0 aliphatic carbocycles. The number of piperidine rings is 1. The van der Waals surface area contributed by atoms with Crippen molar-refractivity contribution in [2.45, 2.75) is 33.6 Å². The molecule has 0 unspecified atom stereocenters. The van der Waals surface area contributed by atoms with Crippen molar-refractivity contribution in [3.05, 3.63) is 67.3 Å². The molecule has 3 aromatic rings. The fourth-order valence-corrected chi connectivity index (χ4v) is 3.96. The van der Waals surface area contributed by atoms with Gasteiger partial charge in [-0.25, -0.2) is 5.43 Å². The van der Waals surface area contributed by atoms with Crippen molar-refractivity contribution in [3.63, 3.8) is 0 Å². The molecule has 0 amide bonds.